The highest BCUT2D eigenvalue weighted by Gasteiger charge is 2.26. The van der Waals surface area contributed by atoms with Gasteiger partial charge in [-0.3, -0.25) is 9.89 Å². The first kappa shape index (κ1) is 20.5. The van der Waals surface area contributed by atoms with E-state index in [0.29, 0.717) is 37.1 Å². The number of carbonyl (C=O) groups excluding carboxylic acids is 1. The monoisotopic (exact) mass is 407 g/mol. The molecule has 1 aromatic heterocycles. The van der Waals surface area contributed by atoms with Gasteiger partial charge in [-0.2, -0.15) is 5.10 Å². The molecule has 1 aromatic carbocycles. The third-order valence-electron chi connectivity index (χ3n) is 5.26. The minimum atomic E-state index is -2.91. The van der Waals surface area contributed by atoms with Crippen LogP contribution < -0.4 is 0 Å². The summed E-state index contributed by atoms with van der Waals surface area (Å²) in [5.41, 5.74) is 2.48. The van der Waals surface area contributed by atoms with Gasteiger partial charge in [0.1, 0.15) is 21.3 Å². The Morgan fingerprint density at radius 2 is 1.96 bits per heavy atom. The van der Waals surface area contributed by atoms with E-state index in [1.165, 1.54) is 6.07 Å². The van der Waals surface area contributed by atoms with Crippen LogP contribution in [0.4, 0.5) is 4.39 Å². The van der Waals surface area contributed by atoms with Gasteiger partial charge in [-0.05, 0) is 51.2 Å². The van der Waals surface area contributed by atoms with Crippen molar-refractivity contribution in [2.45, 2.75) is 39.7 Å². The van der Waals surface area contributed by atoms with Crippen LogP contribution >= 0.6 is 0 Å². The molecule has 0 radical (unpaired) electrons. The molecule has 0 atom stereocenters. The maximum atomic E-state index is 14.3. The zero-order valence-electron chi connectivity index (χ0n) is 16.2. The maximum absolute atomic E-state index is 14.3. The van der Waals surface area contributed by atoms with Crippen molar-refractivity contribution in [3.05, 3.63) is 52.6 Å². The topological polar surface area (TPSA) is 83.1 Å². The van der Waals surface area contributed by atoms with Gasteiger partial charge >= 0.3 is 0 Å². The molecule has 3 rings (SSSR count). The van der Waals surface area contributed by atoms with Gasteiger partial charge in [-0.15, -0.1) is 0 Å². The first-order chi connectivity index (χ1) is 13.2. The van der Waals surface area contributed by atoms with Crippen LogP contribution in [0.25, 0.3) is 0 Å². The Morgan fingerprint density at radius 1 is 1.25 bits per heavy atom. The molecule has 8 heteroatoms. The second-order valence-corrected chi connectivity index (χ2v) is 9.95. The molecule has 2 aromatic rings. The summed E-state index contributed by atoms with van der Waals surface area (Å²) in [5.74, 6) is 0.0639. The van der Waals surface area contributed by atoms with Crippen molar-refractivity contribution in [1.29, 1.82) is 0 Å². The van der Waals surface area contributed by atoms with E-state index in [9.17, 15) is 17.6 Å². The van der Waals surface area contributed by atoms with Crippen LogP contribution in [0.5, 0.6) is 0 Å². The van der Waals surface area contributed by atoms with Crippen molar-refractivity contribution >= 4 is 15.7 Å². The number of sulfone groups is 1. The number of hydrogen-bond acceptors (Lipinski definition) is 4. The van der Waals surface area contributed by atoms with E-state index >= 15 is 0 Å². The van der Waals surface area contributed by atoms with Crippen molar-refractivity contribution in [2.75, 3.05) is 18.1 Å². The number of hydrogen-bond donors (Lipinski definition) is 1. The van der Waals surface area contributed by atoms with E-state index in [0.717, 1.165) is 11.3 Å². The number of aryl methyl sites for hydroxylation is 2. The van der Waals surface area contributed by atoms with E-state index in [2.05, 4.69) is 10.2 Å². The van der Waals surface area contributed by atoms with E-state index in [1.54, 1.807) is 23.1 Å². The lowest BCUT2D eigenvalue weighted by Gasteiger charge is -2.27. The standard InChI is InChI=1S/C20H26FN3O3S/c1-14-3-4-18(21)17(11-14)13-24(20(25)19-12-15(2)22-23-19)8-5-16-6-9-28(26,27)10-7-16/h3-4,11-12,16H,5-10,13H2,1-2H3,(H,22,23). The number of carbonyl (C=O) groups is 1. The van der Waals surface area contributed by atoms with Crippen LogP contribution in [0.15, 0.2) is 24.3 Å². The number of aromatic amines is 1. The van der Waals surface area contributed by atoms with Gasteiger partial charge in [0.2, 0.25) is 0 Å². The molecule has 1 aliphatic rings. The van der Waals surface area contributed by atoms with Crippen molar-refractivity contribution in [3.8, 4) is 0 Å². The number of nitrogens with one attached hydrogen (secondary N) is 1. The lowest BCUT2D eigenvalue weighted by molar-refractivity contribution is 0.0724. The second-order valence-electron chi connectivity index (χ2n) is 7.64. The molecular formula is C20H26FN3O3S. The van der Waals surface area contributed by atoms with Gasteiger partial charge in [0.05, 0.1) is 11.5 Å². The first-order valence-electron chi connectivity index (χ1n) is 9.50. The molecule has 1 fully saturated rings. The molecule has 1 saturated heterocycles. The molecule has 0 spiro atoms. The average Bonchev–Trinajstić information content (AvgIpc) is 3.08. The predicted octanol–water partition coefficient (Wildman–Crippen LogP) is 3.02. The molecule has 0 unspecified atom stereocenters. The summed E-state index contributed by atoms with van der Waals surface area (Å²) in [5, 5.41) is 6.81. The highest BCUT2D eigenvalue weighted by molar-refractivity contribution is 7.91. The van der Waals surface area contributed by atoms with Crippen LogP contribution in [0.3, 0.4) is 0 Å². The molecule has 2 heterocycles. The zero-order chi connectivity index (χ0) is 20.3. The SMILES string of the molecule is Cc1ccc(F)c(CN(CCC2CCS(=O)(=O)CC2)C(=O)c2cc(C)[nH]n2)c1. The largest absolute Gasteiger partial charge is 0.333 e. The third-order valence-corrected chi connectivity index (χ3v) is 6.97. The Balaban J connectivity index is 1.74. The fraction of sp³-hybridized carbons (Fsp3) is 0.500. The highest BCUT2D eigenvalue weighted by Crippen LogP contribution is 2.23. The summed E-state index contributed by atoms with van der Waals surface area (Å²) in [4.78, 5) is 14.6. The van der Waals surface area contributed by atoms with E-state index in [-0.39, 0.29) is 35.7 Å². The fourth-order valence-electron chi connectivity index (χ4n) is 3.54. The summed E-state index contributed by atoms with van der Waals surface area (Å²) in [6.45, 7) is 4.29. The normalized spacial score (nSPS) is 16.8. The molecule has 0 saturated carbocycles. The summed E-state index contributed by atoms with van der Waals surface area (Å²) in [7, 11) is -2.91. The van der Waals surface area contributed by atoms with Crippen LogP contribution in [-0.2, 0) is 16.4 Å². The van der Waals surface area contributed by atoms with Crippen molar-refractivity contribution < 1.29 is 17.6 Å². The van der Waals surface area contributed by atoms with Crippen LogP contribution in [0, 0.1) is 25.6 Å². The zero-order valence-corrected chi connectivity index (χ0v) is 17.1. The minimum absolute atomic E-state index is 0.156. The first-order valence-corrected chi connectivity index (χ1v) is 11.3. The molecule has 1 aliphatic heterocycles. The molecule has 0 aliphatic carbocycles. The van der Waals surface area contributed by atoms with Crippen LogP contribution in [0.1, 0.15) is 46.6 Å². The smallest absolute Gasteiger partial charge is 0.274 e. The fourth-order valence-corrected chi connectivity index (χ4v) is 5.13. The number of rotatable bonds is 6. The van der Waals surface area contributed by atoms with E-state index in [1.807, 2.05) is 13.8 Å². The summed E-state index contributed by atoms with van der Waals surface area (Å²) in [6.07, 6.45) is 1.92. The van der Waals surface area contributed by atoms with Gasteiger partial charge in [0.25, 0.3) is 5.91 Å². The highest BCUT2D eigenvalue weighted by atomic mass is 32.2. The Hall–Kier alpha value is -2.22. The summed E-state index contributed by atoms with van der Waals surface area (Å²) < 4.78 is 37.5. The predicted molar refractivity (Wildman–Crippen MR) is 105 cm³/mol. The number of nitrogens with zero attached hydrogens (tertiary/aromatic N) is 2. The second kappa shape index (κ2) is 8.43. The molecule has 0 bridgehead atoms. The number of aromatic nitrogens is 2. The summed E-state index contributed by atoms with van der Waals surface area (Å²) >= 11 is 0. The molecule has 28 heavy (non-hydrogen) atoms. The van der Waals surface area contributed by atoms with Crippen LogP contribution in [0.2, 0.25) is 0 Å². The molecular weight excluding hydrogens is 381 g/mol. The maximum Gasteiger partial charge on any atom is 0.274 e. The van der Waals surface area contributed by atoms with E-state index in [4.69, 9.17) is 0 Å². The average molecular weight is 408 g/mol. The Bertz CT molecular complexity index is 941. The Morgan fingerprint density at radius 3 is 2.61 bits per heavy atom. The van der Waals surface area contributed by atoms with Crippen molar-refractivity contribution in [2.24, 2.45) is 5.92 Å². The molecule has 6 nitrogen and oxygen atoms in total. The van der Waals surface area contributed by atoms with E-state index < -0.39 is 9.84 Å². The number of amides is 1. The lowest BCUT2D eigenvalue weighted by Crippen LogP contribution is -2.34. The molecule has 152 valence electrons. The van der Waals surface area contributed by atoms with Gasteiger partial charge in [0.15, 0.2) is 0 Å². The lowest BCUT2D eigenvalue weighted by atomic mass is 9.98. The van der Waals surface area contributed by atoms with Gasteiger partial charge < -0.3 is 4.90 Å². The number of H-pyrrole nitrogens is 1. The Kier molecular flexibility index (Phi) is 6.17. The minimum Gasteiger partial charge on any atom is -0.333 e. The molecule has 1 amide bonds. The van der Waals surface area contributed by atoms with Gasteiger partial charge in [0, 0.05) is 24.3 Å². The molecule has 1 N–H and O–H groups in total. The van der Waals surface area contributed by atoms with Gasteiger partial charge in [-0.1, -0.05) is 17.7 Å². The summed E-state index contributed by atoms with van der Waals surface area (Å²) in [6, 6.07) is 6.54. The van der Waals surface area contributed by atoms with Crippen molar-refractivity contribution in [1.82, 2.24) is 15.1 Å². The van der Waals surface area contributed by atoms with Crippen molar-refractivity contribution in [3.63, 3.8) is 0 Å². The number of benzene rings is 1. The Labute approximate surface area is 165 Å². The quantitative estimate of drug-likeness (QED) is 0.798. The van der Waals surface area contributed by atoms with Gasteiger partial charge in [-0.25, -0.2) is 12.8 Å². The van der Waals surface area contributed by atoms with Crippen LogP contribution in [-0.4, -0.2) is 47.5 Å². The third kappa shape index (κ3) is 5.19. The number of halogens is 1.